The van der Waals surface area contributed by atoms with Crippen molar-refractivity contribution in [2.24, 2.45) is 0 Å². The van der Waals surface area contributed by atoms with Crippen molar-refractivity contribution < 1.29 is 0 Å². The van der Waals surface area contributed by atoms with Crippen molar-refractivity contribution >= 4 is 64.6 Å². The summed E-state index contributed by atoms with van der Waals surface area (Å²) < 4.78 is 0. The first-order valence-electron chi connectivity index (χ1n) is 13.3. The minimum absolute atomic E-state index is 1.28. The molecule has 0 saturated heterocycles. The fraction of sp³-hybridized carbons (Fsp3) is 0. The lowest BCUT2D eigenvalue weighted by molar-refractivity contribution is 1.82. The summed E-state index contributed by atoms with van der Waals surface area (Å²) >= 11 is 0. The molecule has 0 nitrogen and oxygen atoms in total. The van der Waals surface area contributed by atoms with Crippen LogP contribution in [0, 0.1) is 0 Å². The van der Waals surface area contributed by atoms with Crippen LogP contribution in [0.5, 0.6) is 0 Å². The Morgan fingerprint density at radius 3 is 0.921 bits per heavy atom. The van der Waals surface area contributed by atoms with Crippen molar-refractivity contribution in [2.75, 3.05) is 0 Å². The molecule has 4 aliphatic carbocycles. The minimum atomic E-state index is 1.28. The highest BCUT2D eigenvalue weighted by molar-refractivity contribution is 6.26. The SMILES string of the molecule is c1ccc2c3cc4ccccc4c4cc5c(cc4c-3cc2c1)c1cc2ccccc2c-1cc1ccccc15. The summed E-state index contributed by atoms with van der Waals surface area (Å²) in [6.07, 6.45) is 0. The zero-order chi connectivity index (χ0) is 24.8. The van der Waals surface area contributed by atoms with Crippen molar-refractivity contribution in [3.63, 3.8) is 0 Å². The molecule has 9 rings (SSSR count). The molecule has 0 radical (unpaired) electrons. The molecule has 0 bridgehead atoms. The molecule has 0 aliphatic heterocycles. The first kappa shape index (κ1) is 20.2. The molecule has 0 spiro atoms. The Bertz CT molecular complexity index is 2170. The van der Waals surface area contributed by atoms with Gasteiger partial charge in [-0.05, 0) is 123 Å². The van der Waals surface area contributed by atoms with E-state index in [0.717, 1.165) is 0 Å². The third kappa shape index (κ3) is 2.64. The third-order valence-corrected chi connectivity index (χ3v) is 8.52. The van der Waals surface area contributed by atoms with E-state index in [-0.39, 0.29) is 0 Å². The summed E-state index contributed by atoms with van der Waals surface area (Å²) in [4.78, 5) is 0. The van der Waals surface area contributed by atoms with E-state index in [9.17, 15) is 0 Å². The quantitative estimate of drug-likeness (QED) is 0.203. The zero-order valence-electron chi connectivity index (χ0n) is 20.7. The Labute approximate surface area is 220 Å². The lowest BCUT2D eigenvalue weighted by Gasteiger charge is -2.07. The number of rotatable bonds is 0. The van der Waals surface area contributed by atoms with Crippen LogP contribution in [0.15, 0.2) is 133 Å². The molecule has 0 fully saturated rings. The third-order valence-electron chi connectivity index (χ3n) is 8.52. The average molecular weight is 479 g/mol. The van der Waals surface area contributed by atoms with Gasteiger partial charge in [0.15, 0.2) is 0 Å². The van der Waals surface area contributed by atoms with E-state index in [0.29, 0.717) is 0 Å². The van der Waals surface area contributed by atoms with Gasteiger partial charge in [0.05, 0.1) is 0 Å². The molecule has 0 unspecified atom stereocenters. The van der Waals surface area contributed by atoms with Gasteiger partial charge in [0.1, 0.15) is 0 Å². The molecule has 0 saturated carbocycles. The van der Waals surface area contributed by atoms with Gasteiger partial charge in [-0.15, -0.1) is 0 Å². The molecule has 0 amide bonds. The molecule has 0 N–H and O–H groups in total. The molecular formula is C38H22. The van der Waals surface area contributed by atoms with Crippen LogP contribution in [0.25, 0.3) is 86.9 Å². The van der Waals surface area contributed by atoms with Gasteiger partial charge in [-0.2, -0.15) is 0 Å². The second kappa shape index (κ2) is 7.31. The fourth-order valence-electron chi connectivity index (χ4n) is 6.79. The summed E-state index contributed by atoms with van der Waals surface area (Å²) in [5, 5.41) is 15.6. The summed E-state index contributed by atoms with van der Waals surface area (Å²) in [5.41, 5.74) is 5.28. The summed E-state index contributed by atoms with van der Waals surface area (Å²) in [5.74, 6) is 0. The van der Waals surface area contributed by atoms with Crippen LogP contribution in [0.4, 0.5) is 0 Å². The predicted molar refractivity (Wildman–Crippen MR) is 165 cm³/mol. The maximum atomic E-state index is 2.48. The van der Waals surface area contributed by atoms with Crippen LogP contribution in [0.1, 0.15) is 0 Å². The molecule has 38 heavy (non-hydrogen) atoms. The maximum absolute atomic E-state index is 2.48. The second-order valence-electron chi connectivity index (χ2n) is 10.5. The summed E-state index contributed by atoms with van der Waals surface area (Å²) in [6.45, 7) is 0. The van der Waals surface area contributed by atoms with Gasteiger partial charge in [0.2, 0.25) is 0 Å². The second-order valence-corrected chi connectivity index (χ2v) is 10.5. The topological polar surface area (TPSA) is 0 Å². The molecule has 5 aromatic carbocycles. The lowest BCUT2D eigenvalue weighted by atomic mass is 9.96. The highest BCUT2D eigenvalue weighted by atomic mass is 14.2. The molecule has 5 aromatic rings. The van der Waals surface area contributed by atoms with E-state index in [4.69, 9.17) is 0 Å². The van der Waals surface area contributed by atoms with Crippen LogP contribution in [0.3, 0.4) is 0 Å². The Morgan fingerprint density at radius 1 is 0.211 bits per heavy atom. The van der Waals surface area contributed by atoms with Gasteiger partial charge in [0, 0.05) is 0 Å². The normalized spacial score (nSPS) is 12.2. The van der Waals surface area contributed by atoms with Crippen molar-refractivity contribution in [3.05, 3.63) is 133 Å². The van der Waals surface area contributed by atoms with Gasteiger partial charge in [-0.3, -0.25) is 0 Å². The number of hydrogen-bond donors (Lipinski definition) is 0. The molecule has 0 heterocycles. The van der Waals surface area contributed by atoms with E-state index >= 15 is 0 Å². The van der Waals surface area contributed by atoms with E-state index in [1.807, 2.05) is 0 Å². The van der Waals surface area contributed by atoms with E-state index < -0.39 is 0 Å². The van der Waals surface area contributed by atoms with Crippen molar-refractivity contribution in [3.8, 4) is 22.3 Å². The van der Waals surface area contributed by atoms with E-state index in [2.05, 4.69) is 133 Å². The summed E-state index contributed by atoms with van der Waals surface area (Å²) in [7, 11) is 0. The molecular weight excluding hydrogens is 456 g/mol. The average Bonchev–Trinajstić information content (AvgIpc) is 3.43. The Hall–Kier alpha value is -4.94. The molecule has 0 aromatic heterocycles. The van der Waals surface area contributed by atoms with Crippen LogP contribution in [-0.2, 0) is 0 Å². The van der Waals surface area contributed by atoms with Crippen LogP contribution in [-0.4, -0.2) is 0 Å². The minimum Gasteiger partial charge on any atom is -0.0616 e. The number of benzene rings is 5. The molecule has 174 valence electrons. The number of fused-ring (bicyclic) bond motifs is 14. The van der Waals surface area contributed by atoms with Crippen LogP contribution in [0.2, 0.25) is 0 Å². The molecule has 0 atom stereocenters. The maximum Gasteiger partial charge on any atom is -0.00921 e. The van der Waals surface area contributed by atoms with Crippen LogP contribution >= 0.6 is 0 Å². The number of hydrogen-bond acceptors (Lipinski definition) is 0. The highest BCUT2D eigenvalue weighted by Crippen LogP contribution is 2.46. The van der Waals surface area contributed by atoms with Crippen molar-refractivity contribution in [2.45, 2.75) is 0 Å². The lowest BCUT2D eigenvalue weighted by Crippen LogP contribution is -1.79. The summed E-state index contributed by atoms with van der Waals surface area (Å²) in [6, 6.07) is 49.8. The van der Waals surface area contributed by atoms with Crippen molar-refractivity contribution in [1.29, 1.82) is 0 Å². The molecule has 4 aliphatic rings. The smallest absolute Gasteiger partial charge is 0.00921 e. The standard InChI is InChI=1S/C38H22/c1-5-13-27-25(11-1)19-33-31(27)17-23-9-3-7-15-29(23)35-21-36-30-16-8-4-10-24(30)18-32-28-14-6-2-12-26(28)20-34(32)38(36)22-37(33)35/h1-22H. The van der Waals surface area contributed by atoms with Crippen LogP contribution < -0.4 is 0 Å². The Balaban J connectivity index is 1.60. The molecule has 0 heteroatoms. The van der Waals surface area contributed by atoms with Gasteiger partial charge in [-0.1, -0.05) is 97.1 Å². The Morgan fingerprint density at radius 2 is 0.500 bits per heavy atom. The van der Waals surface area contributed by atoms with Gasteiger partial charge >= 0.3 is 0 Å². The first-order valence-corrected chi connectivity index (χ1v) is 13.3. The first-order chi connectivity index (χ1) is 18.8. The van der Waals surface area contributed by atoms with Crippen molar-refractivity contribution in [1.82, 2.24) is 0 Å². The zero-order valence-corrected chi connectivity index (χ0v) is 20.7. The van der Waals surface area contributed by atoms with Gasteiger partial charge < -0.3 is 0 Å². The highest BCUT2D eigenvalue weighted by Gasteiger charge is 2.19. The fourth-order valence-corrected chi connectivity index (χ4v) is 6.79. The Kier molecular flexibility index (Phi) is 3.88. The van der Waals surface area contributed by atoms with E-state index in [1.54, 1.807) is 0 Å². The monoisotopic (exact) mass is 478 g/mol. The van der Waals surface area contributed by atoms with Gasteiger partial charge in [-0.25, -0.2) is 0 Å². The predicted octanol–water partition coefficient (Wildman–Crippen LogP) is 10.8. The van der Waals surface area contributed by atoms with E-state index in [1.165, 1.54) is 86.9 Å². The largest absolute Gasteiger partial charge is 0.0616 e. The van der Waals surface area contributed by atoms with Gasteiger partial charge in [0.25, 0.3) is 0 Å².